The summed E-state index contributed by atoms with van der Waals surface area (Å²) >= 11 is 0. The maximum absolute atomic E-state index is 12.7. The second-order valence-corrected chi connectivity index (χ2v) is 6.03. The normalized spacial score (nSPS) is 13.0. The van der Waals surface area contributed by atoms with Crippen molar-refractivity contribution in [3.05, 3.63) is 35.4 Å². The highest BCUT2D eigenvalue weighted by atomic mass is 19.4. The van der Waals surface area contributed by atoms with Gasteiger partial charge in [0.2, 0.25) is 0 Å². The minimum Gasteiger partial charge on any atom is -0.479 e. The number of ether oxygens (including phenoxy) is 1. The Morgan fingerprint density at radius 2 is 1.61 bits per heavy atom. The largest absolute Gasteiger partial charge is 0.479 e. The van der Waals surface area contributed by atoms with Crippen molar-refractivity contribution in [3.8, 4) is 0 Å². The summed E-state index contributed by atoms with van der Waals surface area (Å²) in [6.07, 6.45) is -5.35. The lowest BCUT2D eigenvalue weighted by Crippen LogP contribution is -2.54. The van der Waals surface area contributed by atoms with Gasteiger partial charge in [-0.1, -0.05) is 18.2 Å². The van der Waals surface area contributed by atoms with Crippen molar-refractivity contribution in [2.75, 3.05) is 0 Å². The zero-order chi connectivity index (χ0) is 18.1. The third-order valence-corrected chi connectivity index (χ3v) is 2.88. The molecule has 0 aromatic heterocycles. The van der Waals surface area contributed by atoms with E-state index in [9.17, 15) is 33.0 Å². The van der Waals surface area contributed by atoms with Crippen LogP contribution in [0.15, 0.2) is 24.3 Å². The molecule has 0 atom stereocenters. The molecule has 1 aromatic rings. The number of alkyl halides is 3. The first-order valence-corrected chi connectivity index (χ1v) is 6.61. The third-order valence-electron chi connectivity index (χ3n) is 2.88. The first-order chi connectivity index (χ1) is 10.3. The van der Waals surface area contributed by atoms with Gasteiger partial charge in [-0.3, -0.25) is 0 Å². The number of hydrogen-bond acceptors (Lipinski definition) is 3. The molecule has 5 nitrogen and oxygen atoms in total. The molecule has 0 radical (unpaired) electrons. The van der Waals surface area contributed by atoms with E-state index in [1.807, 2.05) is 0 Å². The molecule has 0 fully saturated rings. The fourth-order valence-corrected chi connectivity index (χ4v) is 2.03. The minimum absolute atomic E-state index is 0.103. The summed E-state index contributed by atoms with van der Waals surface area (Å²) in [4.78, 5) is 23.0. The summed E-state index contributed by atoms with van der Waals surface area (Å²) < 4.78 is 43.4. The van der Waals surface area contributed by atoms with Crippen LogP contribution in [0.3, 0.4) is 0 Å². The molecule has 0 aliphatic rings. The highest BCUT2D eigenvalue weighted by molar-refractivity contribution is 6.02. The van der Waals surface area contributed by atoms with Crippen molar-refractivity contribution >= 4 is 11.9 Å². The summed E-state index contributed by atoms with van der Waals surface area (Å²) in [5, 5.41) is 18.6. The molecule has 0 saturated carbocycles. The summed E-state index contributed by atoms with van der Waals surface area (Å²) in [5.74, 6) is -3.56. The monoisotopic (exact) mass is 334 g/mol. The smallest absolute Gasteiger partial charge is 0.416 e. The fraction of sp³-hybridized carbons (Fsp3) is 0.467. The lowest BCUT2D eigenvalue weighted by atomic mass is 9.92. The van der Waals surface area contributed by atoms with Gasteiger partial charge >= 0.3 is 18.1 Å². The van der Waals surface area contributed by atoms with E-state index in [4.69, 9.17) is 4.74 Å². The Morgan fingerprint density at radius 3 is 2.00 bits per heavy atom. The number of carbonyl (C=O) groups is 2. The summed E-state index contributed by atoms with van der Waals surface area (Å²) in [6, 6.07) is 3.84. The number of aliphatic carboxylic acids is 2. The molecule has 1 aromatic carbocycles. The van der Waals surface area contributed by atoms with Crippen LogP contribution in [-0.4, -0.2) is 33.4 Å². The summed E-state index contributed by atoms with van der Waals surface area (Å²) in [5.41, 5.74) is -4.90. The lowest BCUT2D eigenvalue weighted by Gasteiger charge is -2.33. The molecule has 2 N–H and O–H groups in total. The number of carboxylic acids is 2. The average molecular weight is 334 g/mol. The van der Waals surface area contributed by atoms with Crippen LogP contribution >= 0.6 is 0 Å². The molecule has 23 heavy (non-hydrogen) atoms. The summed E-state index contributed by atoms with van der Waals surface area (Å²) in [7, 11) is 0. The standard InChI is InChI=1S/C15H17F3O5/c1-13(2,3)23-14(11(19)20,12(21)22)8-9-5-4-6-10(7-9)15(16,17)18/h4-7H,8H2,1-3H3,(H,19,20)(H,21,22). The molecule has 0 bridgehead atoms. The van der Waals surface area contributed by atoms with E-state index in [1.165, 1.54) is 26.8 Å². The van der Waals surface area contributed by atoms with Crippen LogP contribution in [-0.2, 0) is 26.9 Å². The number of halogens is 3. The van der Waals surface area contributed by atoms with Gasteiger partial charge in [-0.05, 0) is 32.4 Å². The Labute approximate surface area is 130 Å². The van der Waals surface area contributed by atoms with Crippen molar-refractivity contribution in [1.82, 2.24) is 0 Å². The maximum atomic E-state index is 12.7. The molecular weight excluding hydrogens is 317 g/mol. The van der Waals surface area contributed by atoms with E-state index in [0.717, 1.165) is 12.1 Å². The van der Waals surface area contributed by atoms with Crippen LogP contribution in [0.1, 0.15) is 31.9 Å². The van der Waals surface area contributed by atoms with Crippen LogP contribution in [0.4, 0.5) is 13.2 Å². The predicted octanol–water partition coefficient (Wildman–Crippen LogP) is 2.97. The van der Waals surface area contributed by atoms with Crippen LogP contribution in [0, 0.1) is 0 Å². The maximum Gasteiger partial charge on any atom is 0.416 e. The van der Waals surface area contributed by atoms with Crippen molar-refractivity contribution in [2.24, 2.45) is 0 Å². The second kappa shape index (κ2) is 6.19. The van der Waals surface area contributed by atoms with Crippen LogP contribution in [0.5, 0.6) is 0 Å². The van der Waals surface area contributed by atoms with Gasteiger partial charge in [0, 0.05) is 6.42 Å². The number of hydrogen-bond donors (Lipinski definition) is 2. The fourth-order valence-electron chi connectivity index (χ4n) is 2.03. The zero-order valence-electron chi connectivity index (χ0n) is 12.8. The topological polar surface area (TPSA) is 83.8 Å². The summed E-state index contributed by atoms with van der Waals surface area (Å²) in [6.45, 7) is 4.37. The Morgan fingerprint density at radius 1 is 1.09 bits per heavy atom. The zero-order valence-corrected chi connectivity index (χ0v) is 12.8. The molecule has 0 aliphatic carbocycles. The van der Waals surface area contributed by atoms with Crippen molar-refractivity contribution in [1.29, 1.82) is 0 Å². The minimum atomic E-state index is -4.62. The van der Waals surface area contributed by atoms with Gasteiger partial charge in [0.05, 0.1) is 11.2 Å². The molecule has 1 rings (SSSR count). The van der Waals surface area contributed by atoms with Gasteiger partial charge in [0.1, 0.15) is 0 Å². The number of benzene rings is 1. The van der Waals surface area contributed by atoms with Gasteiger partial charge < -0.3 is 14.9 Å². The van der Waals surface area contributed by atoms with Gasteiger partial charge in [-0.15, -0.1) is 0 Å². The third kappa shape index (κ3) is 4.69. The van der Waals surface area contributed by atoms with Crippen LogP contribution in [0.2, 0.25) is 0 Å². The molecule has 0 aliphatic heterocycles. The molecule has 0 unspecified atom stereocenters. The highest BCUT2D eigenvalue weighted by Crippen LogP contribution is 2.31. The first kappa shape index (κ1) is 19.0. The van der Waals surface area contributed by atoms with Crippen molar-refractivity contribution < 1.29 is 37.7 Å². The van der Waals surface area contributed by atoms with E-state index >= 15 is 0 Å². The average Bonchev–Trinajstić information content (AvgIpc) is 2.35. The van der Waals surface area contributed by atoms with Gasteiger partial charge in [0.25, 0.3) is 5.60 Å². The van der Waals surface area contributed by atoms with Gasteiger partial charge in [-0.2, -0.15) is 13.2 Å². The Bertz CT molecular complexity index is 588. The second-order valence-electron chi connectivity index (χ2n) is 6.03. The molecule has 0 heterocycles. The molecular formula is C15H17F3O5. The molecule has 0 amide bonds. The molecule has 0 spiro atoms. The Kier molecular flexibility index (Phi) is 5.10. The van der Waals surface area contributed by atoms with E-state index in [-0.39, 0.29) is 5.56 Å². The molecule has 0 saturated heterocycles. The predicted molar refractivity (Wildman–Crippen MR) is 74.0 cm³/mol. The Balaban J connectivity index is 3.31. The van der Waals surface area contributed by atoms with Crippen molar-refractivity contribution in [2.45, 2.75) is 44.6 Å². The van der Waals surface area contributed by atoms with Gasteiger partial charge in [-0.25, -0.2) is 9.59 Å². The van der Waals surface area contributed by atoms with Crippen LogP contribution < -0.4 is 0 Å². The van der Waals surface area contributed by atoms with E-state index in [0.29, 0.717) is 6.07 Å². The number of carboxylic acid groups (broad SMARTS) is 2. The van der Waals surface area contributed by atoms with Gasteiger partial charge in [0.15, 0.2) is 0 Å². The van der Waals surface area contributed by atoms with E-state index < -0.39 is 41.3 Å². The lowest BCUT2D eigenvalue weighted by molar-refractivity contribution is -0.199. The van der Waals surface area contributed by atoms with E-state index in [2.05, 4.69) is 0 Å². The van der Waals surface area contributed by atoms with Crippen LogP contribution in [0.25, 0.3) is 0 Å². The first-order valence-electron chi connectivity index (χ1n) is 6.61. The SMILES string of the molecule is CC(C)(C)OC(Cc1cccc(C(F)(F)F)c1)(C(=O)O)C(=O)O. The highest BCUT2D eigenvalue weighted by Gasteiger charge is 2.51. The quantitative estimate of drug-likeness (QED) is 0.809. The van der Waals surface area contributed by atoms with Crippen molar-refractivity contribution in [3.63, 3.8) is 0 Å². The Hall–Kier alpha value is -2.09. The molecule has 128 valence electrons. The van der Waals surface area contributed by atoms with E-state index in [1.54, 1.807) is 0 Å². The molecule has 8 heteroatoms. The number of rotatable bonds is 5.